The standard InChI is InChI=1S/C19H26N6O2S/c1-3-10-24-17(15-7-5-9-20-12-15)22-25(19(24)28)14-23-11-6-8-16(13-23)21-18(26)27-4-2/h3,5,7,9,12,16H,1,4,6,8,10-11,13-14H2,2H3,(H,21,26). The van der Waals surface area contributed by atoms with E-state index < -0.39 is 0 Å². The average Bonchev–Trinajstić information content (AvgIpc) is 2.99. The number of hydrogen-bond donors (Lipinski definition) is 1. The number of piperidine rings is 1. The van der Waals surface area contributed by atoms with Crippen molar-refractivity contribution in [2.45, 2.75) is 39.0 Å². The summed E-state index contributed by atoms with van der Waals surface area (Å²) in [6.45, 7) is 8.81. The molecule has 1 saturated heterocycles. The molecule has 0 spiro atoms. The maximum atomic E-state index is 11.7. The zero-order chi connectivity index (χ0) is 19.9. The first-order valence-electron chi connectivity index (χ1n) is 9.47. The summed E-state index contributed by atoms with van der Waals surface area (Å²) in [5.41, 5.74) is 0.912. The first kappa shape index (κ1) is 20.2. The molecule has 1 aliphatic rings. The van der Waals surface area contributed by atoms with Crippen LogP contribution in [0.4, 0.5) is 4.79 Å². The monoisotopic (exact) mass is 402 g/mol. The number of hydrogen-bond acceptors (Lipinski definition) is 6. The highest BCUT2D eigenvalue weighted by atomic mass is 32.1. The van der Waals surface area contributed by atoms with Crippen molar-refractivity contribution in [3.05, 3.63) is 42.0 Å². The molecular formula is C19H26N6O2S. The van der Waals surface area contributed by atoms with Crippen LogP contribution in [0.3, 0.4) is 0 Å². The van der Waals surface area contributed by atoms with Gasteiger partial charge in [0.05, 0.1) is 13.3 Å². The lowest BCUT2D eigenvalue weighted by molar-refractivity contribution is 0.121. The number of rotatable bonds is 7. The van der Waals surface area contributed by atoms with Crippen molar-refractivity contribution in [2.24, 2.45) is 0 Å². The van der Waals surface area contributed by atoms with Gasteiger partial charge in [-0.05, 0) is 44.1 Å². The molecule has 0 saturated carbocycles. The van der Waals surface area contributed by atoms with Crippen LogP contribution in [0.15, 0.2) is 37.2 Å². The van der Waals surface area contributed by atoms with E-state index in [1.54, 1.807) is 19.3 Å². The van der Waals surface area contributed by atoms with Crippen LogP contribution in [-0.2, 0) is 18.0 Å². The van der Waals surface area contributed by atoms with Gasteiger partial charge in [0.2, 0.25) is 0 Å². The van der Waals surface area contributed by atoms with Crippen LogP contribution in [0.1, 0.15) is 19.8 Å². The molecule has 8 nitrogen and oxygen atoms in total. The van der Waals surface area contributed by atoms with E-state index in [2.05, 4.69) is 21.8 Å². The molecule has 1 fully saturated rings. The van der Waals surface area contributed by atoms with Gasteiger partial charge < -0.3 is 10.1 Å². The van der Waals surface area contributed by atoms with Crippen LogP contribution in [0.5, 0.6) is 0 Å². The lowest BCUT2D eigenvalue weighted by atomic mass is 10.1. The second kappa shape index (κ2) is 9.61. The van der Waals surface area contributed by atoms with Crippen molar-refractivity contribution < 1.29 is 9.53 Å². The quantitative estimate of drug-likeness (QED) is 0.567. The lowest BCUT2D eigenvalue weighted by Crippen LogP contribution is -2.48. The fraction of sp³-hybridized carbons (Fsp3) is 0.474. The number of allylic oxidation sites excluding steroid dienone is 1. The van der Waals surface area contributed by atoms with E-state index in [1.807, 2.05) is 27.5 Å². The predicted octanol–water partition coefficient (Wildman–Crippen LogP) is 2.83. The maximum absolute atomic E-state index is 11.7. The Kier molecular flexibility index (Phi) is 6.94. The van der Waals surface area contributed by atoms with E-state index >= 15 is 0 Å². The molecule has 9 heteroatoms. The van der Waals surface area contributed by atoms with E-state index in [0.29, 0.717) is 24.6 Å². The van der Waals surface area contributed by atoms with Gasteiger partial charge >= 0.3 is 6.09 Å². The van der Waals surface area contributed by atoms with Gasteiger partial charge in [0.1, 0.15) is 0 Å². The first-order valence-corrected chi connectivity index (χ1v) is 9.87. The van der Waals surface area contributed by atoms with Gasteiger partial charge in [-0.3, -0.25) is 14.5 Å². The number of amides is 1. The molecule has 150 valence electrons. The zero-order valence-corrected chi connectivity index (χ0v) is 16.9. The normalized spacial score (nSPS) is 17.2. The van der Waals surface area contributed by atoms with E-state index in [9.17, 15) is 4.79 Å². The second-order valence-electron chi connectivity index (χ2n) is 6.67. The average molecular weight is 403 g/mol. The van der Waals surface area contributed by atoms with Gasteiger partial charge in [0.15, 0.2) is 10.6 Å². The van der Waals surface area contributed by atoms with Crippen molar-refractivity contribution >= 4 is 18.3 Å². The summed E-state index contributed by atoms with van der Waals surface area (Å²) in [6.07, 6.45) is 6.89. The fourth-order valence-corrected chi connectivity index (χ4v) is 3.63. The molecule has 28 heavy (non-hydrogen) atoms. The largest absolute Gasteiger partial charge is 0.450 e. The van der Waals surface area contributed by atoms with Gasteiger partial charge in [-0.2, -0.15) is 5.10 Å². The molecule has 0 aromatic carbocycles. The molecule has 2 aromatic rings. The molecule has 0 radical (unpaired) electrons. The van der Waals surface area contributed by atoms with Crippen LogP contribution in [0.25, 0.3) is 11.4 Å². The van der Waals surface area contributed by atoms with E-state index in [1.165, 1.54) is 0 Å². The van der Waals surface area contributed by atoms with Crippen LogP contribution < -0.4 is 5.32 Å². The smallest absolute Gasteiger partial charge is 0.407 e. The molecule has 0 bridgehead atoms. The van der Waals surface area contributed by atoms with Crippen molar-refractivity contribution in [3.63, 3.8) is 0 Å². The fourth-order valence-electron chi connectivity index (χ4n) is 3.37. The minimum absolute atomic E-state index is 0.0648. The highest BCUT2D eigenvalue weighted by Crippen LogP contribution is 2.18. The molecule has 3 heterocycles. The number of nitrogens with zero attached hydrogens (tertiary/aromatic N) is 5. The molecule has 1 aliphatic heterocycles. The molecule has 1 atom stereocenters. The van der Waals surface area contributed by atoms with Gasteiger partial charge in [0, 0.05) is 43.6 Å². The van der Waals surface area contributed by atoms with Crippen LogP contribution in [0, 0.1) is 4.77 Å². The molecule has 3 rings (SSSR count). The summed E-state index contributed by atoms with van der Waals surface area (Å²) in [5.74, 6) is 0.774. The van der Waals surface area contributed by atoms with Crippen LogP contribution in [0.2, 0.25) is 0 Å². The molecule has 0 aliphatic carbocycles. The topological polar surface area (TPSA) is 77.2 Å². The summed E-state index contributed by atoms with van der Waals surface area (Å²) >= 11 is 5.66. The predicted molar refractivity (Wildman–Crippen MR) is 109 cm³/mol. The first-order chi connectivity index (χ1) is 13.6. The molecule has 1 unspecified atom stereocenters. The van der Waals surface area contributed by atoms with Crippen molar-refractivity contribution in [1.82, 2.24) is 29.5 Å². The van der Waals surface area contributed by atoms with Gasteiger partial charge in [-0.25, -0.2) is 9.48 Å². The Morgan fingerprint density at radius 2 is 2.39 bits per heavy atom. The van der Waals surface area contributed by atoms with Crippen molar-refractivity contribution in [3.8, 4) is 11.4 Å². The molecule has 1 amide bonds. The third kappa shape index (κ3) is 4.85. The maximum Gasteiger partial charge on any atom is 0.407 e. The van der Waals surface area contributed by atoms with Crippen LogP contribution in [-0.4, -0.2) is 56.1 Å². The zero-order valence-electron chi connectivity index (χ0n) is 16.1. The lowest BCUT2D eigenvalue weighted by Gasteiger charge is -2.32. The minimum atomic E-state index is -0.361. The van der Waals surface area contributed by atoms with E-state index in [4.69, 9.17) is 22.1 Å². The number of likely N-dealkylation sites (tertiary alicyclic amines) is 1. The number of carbonyl (C=O) groups excluding carboxylic acids is 1. The van der Waals surface area contributed by atoms with Gasteiger partial charge in [0.25, 0.3) is 0 Å². The van der Waals surface area contributed by atoms with Gasteiger partial charge in [-0.15, -0.1) is 6.58 Å². The SMILES string of the molecule is C=CCn1c(-c2cccnc2)nn(CN2CCCC(NC(=O)OCC)C2)c1=S. The molecule has 2 aromatic heterocycles. The summed E-state index contributed by atoms with van der Waals surface area (Å²) in [5, 5.41) is 7.67. The third-order valence-corrected chi connectivity index (χ3v) is 5.02. The summed E-state index contributed by atoms with van der Waals surface area (Å²) in [7, 11) is 0. The Balaban J connectivity index is 1.76. The number of carbonyl (C=O) groups is 1. The van der Waals surface area contributed by atoms with Crippen LogP contribution >= 0.6 is 12.2 Å². The van der Waals surface area contributed by atoms with E-state index in [0.717, 1.165) is 37.3 Å². The summed E-state index contributed by atoms with van der Waals surface area (Å²) in [4.78, 5) is 18.1. The Hall–Kier alpha value is -2.52. The molecular weight excluding hydrogens is 376 g/mol. The number of ether oxygens (including phenoxy) is 1. The van der Waals surface area contributed by atoms with Crippen molar-refractivity contribution in [2.75, 3.05) is 19.7 Å². The molecule has 1 N–H and O–H groups in total. The third-order valence-electron chi connectivity index (χ3n) is 4.59. The number of alkyl carbamates (subject to hydrolysis) is 1. The highest BCUT2D eigenvalue weighted by Gasteiger charge is 2.23. The Morgan fingerprint density at radius 1 is 1.54 bits per heavy atom. The van der Waals surface area contributed by atoms with Gasteiger partial charge in [-0.1, -0.05) is 6.08 Å². The van der Waals surface area contributed by atoms with Crippen molar-refractivity contribution in [1.29, 1.82) is 0 Å². The Labute approximate surface area is 169 Å². The number of pyridine rings is 1. The minimum Gasteiger partial charge on any atom is -0.450 e. The number of nitrogens with one attached hydrogen (secondary N) is 1. The second-order valence-corrected chi connectivity index (χ2v) is 7.03. The summed E-state index contributed by atoms with van der Waals surface area (Å²) < 4.78 is 9.41. The Bertz CT molecular complexity index is 863. The highest BCUT2D eigenvalue weighted by molar-refractivity contribution is 7.71. The van der Waals surface area contributed by atoms with E-state index in [-0.39, 0.29) is 12.1 Å². The summed E-state index contributed by atoms with van der Waals surface area (Å²) in [6, 6.07) is 3.91. The number of aromatic nitrogens is 4. The Morgan fingerprint density at radius 3 is 3.11 bits per heavy atom.